The lowest BCUT2D eigenvalue weighted by Crippen LogP contribution is -2.20. The summed E-state index contributed by atoms with van der Waals surface area (Å²) in [5.41, 5.74) is 0. The summed E-state index contributed by atoms with van der Waals surface area (Å²) in [6, 6.07) is 10.1. The number of aromatic nitrogens is 2. The lowest BCUT2D eigenvalue weighted by atomic mass is 10.4. The standard InChI is InChI=1S/C12H12ClN3OS2/c1-8(13)11(17)14-12-16-15-10(19-12)7-18-9-5-3-2-4-6-9/h2-6,8H,7H2,1H3,(H,14,16,17)/t8-/m0/s1. The van der Waals surface area contributed by atoms with Crippen LogP contribution in [0.3, 0.4) is 0 Å². The zero-order chi connectivity index (χ0) is 13.7. The third-order valence-electron chi connectivity index (χ3n) is 2.16. The summed E-state index contributed by atoms with van der Waals surface area (Å²) in [4.78, 5) is 12.6. The Morgan fingerprint density at radius 3 is 2.84 bits per heavy atom. The topological polar surface area (TPSA) is 54.9 Å². The predicted molar refractivity (Wildman–Crippen MR) is 79.9 cm³/mol. The highest BCUT2D eigenvalue weighted by Gasteiger charge is 2.12. The van der Waals surface area contributed by atoms with Crippen molar-refractivity contribution in [2.24, 2.45) is 0 Å². The van der Waals surface area contributed by atoms with Gasteiger partial charge in [-0.25, -0.2) is 0 Å². The van der Waals surface area contributed by atoms with Crippen LogP contribution in [0.1, 0.15) is 11.9 Å². The third kappa shape index (κ3) is 4.49. The molecule has 0 saturated heterocycles. The molecule has 0 unspecified atom stereocenters. The second kappa shape index (κ2) is 6.88. The van der Waals surface area contributed by atoms with Crippen LogP contribution >= 0.6 is 34.7 Å². The van der Waals surface area contributed by atoms with Crippen molar-refractivity contribution in [3.05, 3.63) is 35.3 Å². The largest absolute Gasteiger partial charge is 0.299 e. The van der Waals surface area contributed by atoms with E-state index in [1.807, 2.05) is 30.3 Å². The predicted octanol–water partition coefficient (Wildman–Crippen LogP) is 3.40. The van der Waals surface area contributed by atoms with Crippen LogP contribution < -0.4 is 5.32 Å². The van der Waals surface area contributed by atoms with Gasteiger partial charge in [0.1, 0.15) is 10.4 Å². The summed E-state index contributed by atoms with van der Waals surface area (Å²) in [5.74, 6) is 0.466. The van der Waals surface area contributed by atoms with E-state index in [1.165, 1.54) is 16.2 Å². The number of hydrogen-bond acceptors (Lipinski definition) is 5. The zero-order valence-electron chi connectivity index (χ0n) is 10.2. The molecule has 4 nitrogen and oxygen atoms in total. The number of nitrogens with one attached hydrogen (secondary N) is 1. The Hall–Kier alpha value is -1.11. The quantitative estimate of drug-likeness (QED) is 0.679. The maximum absolute atomic E-state index is 11.4. The summed E-state index contributed by atoms with van der Waals surface area (Å²) < 4.78 is 0. The third-order valence-corrected chi connectivity index (χ3v) is 4.41. The Labute approximate surface area is 124 Å². The number of rotatable bonds is 5. The zero-order valence-corrected chi connectivity index (χ0v) is 12.6. The van der Waals surface area contributed by atoms with Gasteiger partial charge >= 0.3 is 0 Å². The van der Waals surface area contributed by atoms with Gasteiger partial charge in [-0.1, -0.05) is 29.5 Å². The molecule has 19 heavy (non-hydrogen) atoms. The van der Waals surface area contributed by atoms with Crippen LogP contribution in [0.5, 0.6) is 0 Å². The monoisotopic (exact) mass is 313 g/mol. The molecule has 1 heterocycles. The first kappa shape index (κ1) is 14.3. The molecule has 0 spiro atoms. The fraction of sp³-hybridized carbons (Fsp3) is 0.250. The van der Waals surface area contributed by atoms with E-state index in [9.17, 15) is 4.79 Å². The van der Waals surface area contributed by atoms with Crippen LogP contribution in [0.4, 0.5) is 5.13 Å². The first-order valence-corrected chi connectivity index (χ1v) is 7.84. The van der Waals surface area contributed by atoms with Crippen LogP contribution in [-0.2, 0) is 10.5 Å². The molecule has 1 aromatic heterocycles. The molecule has 0 aliphatic rings. The van der Waals surface area contributed by atoms with Crippen molar-refractivity contribution >= 4 is 45.7 Å². The average Bonchev–Trinajstić information content (AvgIpc) is 2.85. The summed E-state index contributed by atoms with van der Waals surface area (Å²) >= 11 is 8.71. The number of amides is 1. The number of halogens is 1. The number of thioether (sulfide) groups is 1. The van der Waals surface area contributed by atoms with Crippen LogP contribution in [0.2, 0.25) is 0 Å². The SMILES string of the molecule is C[C@H](Cl)C(=O)Nc1nnc(CSc2ccccc2)s1. The smallest absolute Gasteiger partial charge is 0.243 e. The van der Waals surface area contributed by atoms with E-state index in [2.05, 4.69) is 15.5 Å². The molecule has 7 heteroatoms. The highest BCUT2D eigenvalue weighted by molar-refractivity contribution is 7.98. The Kier molecular flexibility index (Phi) is 5.18. The molecule has 0 saturated carbocycles. The molecule has 100 valence electrons. The van der Waals surface area contributed by atoms with Gasteiger partial charge in [-0.3, -0.25) is 10.1 Å². The molecule has 1 N–H and O–H groups in total. The lowest BCUT2D eigenvalue weighted by molar-refractivity contribution is -0.115. The minimum Gasteiger partial charge on any atom is -0.299 e. The van der Waals surface area contributed by atoms with Crippen molar-refractivity contribution in [1.82, 2.24) is 10.2 Å². The fourth-order valence-corrected chi connectivity index (χ4v) is 2.93. The number of carbonyl (C=O) groups excluding carboxylic acids is 1. The minimum absolute atomic E-state index is 0.264. The number of benzene rings is 1. The summed E-state index contributed by atoms with van der Waals surface area (Å²) in [6.45, 7) is 1.62. The summed E-state index contributed by atoms with van der Waals surface area (Å²) in [6.07, 6.45) is 0. The number of anilines is 1. The molecular formula is C12H12ClN3OS2. The van der Waals surface area contributed by atoms with Crippen molar-refractivity contribution in [3.8, 4) is 0 Å². The van der Waals surface area contributed by atoms with E-state index in [0.29, 0.717) is 5.13 Å². The van der Waals surface area contributed by atoms with Gasteiger partial charge in [0.25, 0.3) is 0 Å². The number of nitrogens with zero attached hydrogens (tertiary/aromatic N) is 2. The Morgan fingerprint density at radius 2 is 2.16 bits per heavy atom. The van der Waals surface area contributed by atoms with E-state index < -0.39 is 5.38 Å². The molecule has 0 aliphatic heterocycles. The lowest BCUT2D eigenvalue weighted by Gasteiger charge is -2.00. The maximum Gasteiger partial charge on any atom is 0.243 e. The number of carbonyl (C=O) groups is 1. The van der Waals surface area contributed by atoms with E-state index in [4.69, 9.17) is 11.6 Å². The van der Waals surface area contributed by atoms with Crippen LogP contribution in [0, 0.1) is 0 Å². The average molecular weight is 314 g/mol. The first-order chi connectivity index (χ1) is 9.15. The Bertz CT molecular complexity index is 545. The minimum atomic E-state index is -0.578. The maximum atomic E-state index is 11.4. The van der Waals surface area contributed by atoms with E-state index in [1.54, 1.807) is 18.7 Å². The molecule has 2 aromatic rings. The van der Waals surface area contributed by atoms with Gasteiger partial charge in [0, 0.05) is 4.90 Å². The van der Waals surface area contributed by atoms with Gasteiger partial charge in [0.15, 0.2) is 0 Å². The first-order valence-electron chi connectivity index (χ1n) is 5.60. The highest BCUT2D eigenvalue weighted by Crippen LogP contribution is 2.25. The molecule has 1 atom stereocenters. The van der Waals surface area contributed by atoms with Crippen molar-refractivity contribution in [2.75, 3.05) is 5.32 Å². The molecule has 1 amide bonds. The van der Waals surface area contributed by atoms with Gasteiger partial charge in [-0.05, 0) is 19.1 Å². The molecule has 0 aliphatic carbocycles. The van der Waals surface area contributed by atoms with Gasteiger partial charge < -0.3 is 0 Å². The molecule has 0 fully saturated rings. The van der Waals surface area contributed by atoms with Crippen molar-refractivity contribution in [2.45, 2.75) is 22.9 Å². The van der Waals surface area contributed by atoms with Crippen molar-refractivity contribution in [3.63, 3.8) is 0 Å². The van der Waals surface area contributed by atoms with Gasteiger partial charge in [0.05, 0.1) is 5.75 Å². The van der Waals surface area contributed by atoms with Crippen LogP contribution in [-0.4, -0.2) is 21.5 Å². The summed E-state index contributed by atoms with van der Waals surface area (Å²) in [7, 11) is 0. The Morgan fingerprint density at radius 1 is 1.42 bits per heavy atom. The van der Waals surface area contributed by atoms with E-state index >= 15 is 0 Å². The van der Waals surface area contributed by atoms with Crippen molar-refractivity contribution < 1.29 is 4.79 Å². The summed E-state index contributed by atoms with van der Waals surface area (Å²) in [5, 5.41) is 11.4. The Balaban J connectivity index is 1.89. The van der Waals surface area contributed by atoms with E-state index in [-0.39, 0.29) is 5.91 Å². The normalized spacial score (nSPS) is 12.1. The van der Waals surface area contributed by atoms with Gasteiger partial charge in [0.2, 0.25) is 11.0 Å². The number of alkyl halides is 1. The van der Waals surface area contributed by atoms with Gasteiger partial charge in [-0.2, -0.15) is 0 Å². The highest BCUT2D eigenvalue weighted by atomic mass is 35.5. The molecule has 2 rings (SSSR count). The molecule has 1 aromatic carbocycles. The second-order valence-electron chi connectivity index (χ2n) is 3.71. The number of hydrogen-bond donors (Lipinski definition) is 1. The molecule has 0 radical (unpaired) electrons. The van der Waals surface area contributed by atoms with Crippen LogP contribution in [0.15, 0.2) is 35.2 Å². The van der Waals surface area contributed by atoms with Gasteiger partial charge in [-0.15, -0.1) is 33.6 Å². The molecule has 0 bridgehead atoms. The van der Waals surface area contributed by atoms with Crippen molar-refractivity contribution in [1.29, 1.82) is 0 Å². The van der Waals surface area contributed by atoms with E-state index in [0.717, 1.165) is 10.8 Å². The van der Waals surface area contributed by atoms with Crippen LogP contribution in [0.25, 0.3) is 0 Å². The molecular weight excluding hydrogens is 302 g/mol. The fourth-order valence-electron chi connectivity index (χ4n) is 1.23. The second-order valence-corrected chi connectivity index (χ2v) is 6.47.